The van der Waals surface area contributed by atoms with Gasteiger partial charge in [-0.25, -0.2) is 4.68 Å². The van der Waals surface area contributed by atoms with Crippen LogP contribution in [-0.4, -0.2) is 46.0 Å². The summed E-state index contributed by atoms with van der Waals surface area (Å²) in [7, 11) is -5.73. The summed E-state index contributed by atoms with van der Waals surface area (Å²) in [6, 6.07) is 18.2. The van der Waals surface area contributed by atoms with Gasteiger partial charge in [-0.1, -0.05) is 47.7 Å². The number of nitrogens with zero attached hydrogens (tertiary/aromatic N) is 3. The molecule has 1 aromatic heterocycles. The third-order valence-electron chi connectivity index (χ3n) is 4.89. The Balaban J connectivity index is 1.78. The van der Waals surface area contributed by atoms with Crippen molar-refractivity contribution in [1.29, 1.82) is 0 Å². The number of rotatable bonds is 7. The molecule has 0 unspecified atom stereocenters. The molecule has 0 N–H and O–H groups in total. The maximum absolute atomic E-state index is 12.7. The quantitative estimate of drug-likeness (QED) is 0.289. The Morgan fingerprint density at radius 2 is 1.48 bits per heavy atom. The van der Waals surface area contributed by atoms with Crippen molar-refractivity contribution in [2.45, 2.75) is 9.79 Å². The first-order chi connectivity index (χ1) is 15.7. The van der Waals surface area contributed by atoms with E-state index in [9.17, 15) is 16.8 Å². The maximum atomic E-state index is 12.7. The summed E-state index contributed by atoms with van der Waals surface area (Å²) in [5.41, 5.74) is 2.70. The van der Waals surface area contributed by atoms with Crippen LogP contribution >= 0.6 is 0 Å². The van der Waals surface area contributed by atoms with Crippen molar-refractivity contribution in [3.05, 3.63) is 77.9 Å². The van der Waals surface area contributed by atoms with Gasteiger partial charge in [-0.3, -0.25) is 8.37 Å². The van der Waals surface area contributed by atoms with Gasteiger partial charge in [0.1, 0.15) is 10.4 Å². The van der Waals surface area contributed by atoms with E-state index in [-0.39, 0.29) is 15.5 Å². The smallest absolute Gasteiger partial charge is 0.270 e. The van der Waals surface area contributed by atoms with Gasteiger partial charge in [0.05, 0.1) is 30.3 Å². The van der Waals surface area contributed by atoms with Crippen molar-refractivity contribution in [3.8, 4) is 5.69 Å². The van der Waals surface area contributed by atoms with Crippen LogP contribution in [0.25, 0.3) is 28.9 Å². The van der Waals surface area contributed by atoms with Gasteiger partial charge in [0, 0.05) is 0 Å². The third kappa shape index (κ3) is 4.57. The van der Waals surface area contributed by atoms with E-state index in [1.165, 1.54) is 22.9 Å². The summed E-state index contributed by atoms with van der Waals surface area (Å²) in [6.45, 7) is 0. The molecule has 0 saturated heterocycles. The molecule has 3 aromatic carbocycles. The minimum atomic E-state index is -4.08. The number of fused-ring (bicyclic) bond motifs is 1. The van der Waals surface area contributed by atoms with Crippen LogP contribution in [0, 0.1) is 0 Å². The van der Waals surface area contributed by atoms with Crippen molar-refractivity contribution in [3.63, 3.8) is 0 Å². The lowest BCUT2D eigenvalue weighted by Gasteiger charge is -2.10. The minimum absolute atomic E-state index is 0.0169. The van der Waals surface area contributed by atoms with Crippen LogP contribution in [0.2, 0.25) is 0 Å². The largest absolute Gasteiger partial charge is 0.298 e. The Labute approximate surface area is 191 Å². The molecule has 0 spiro atoms. The van der Waals surface area contributed by atoms with Crippen LogP contribution < -0.4 is 0 Å². The van der Waals surface area contributed by atoms with E-state index in [0.717, 1.165) is 14.2 Å². The van der Waals surface area contributed by atoms with Crippen LogP contribution in [-0.2, 0) is 28.6 Å². The highest BCUT2D eigenvalue weighted by Crippen LogP contribution is 2.26. The number of para-hydroxylation sites is 1. The van der Waals surface area contributed by atoms with E-state index in [1.54, 1.807) is 48.6 Å². The topological polar surface area (TPSA) is 117 Å². The molecule has 0 radical (unpaired) electrons. The van der Waals surface area contributed by atoms with E-state index in [2.05, 4.69) is 14.5 Å². The average Bonchev–Trinajstić information content (AvgIpc) is 3.27. The van der Waals surface area contributed by atoms with Gasteiger partial charge in [0.25, 0.3) is 20.2 Å². The lowest BCUT2D eigenvalue weighted by Crippen LogP contribution is -2.09. The summed E-state index contributed by atoms with van der Waals surface area (Å²) in [5, 5.41) is 8.18. The predicted octanol–water partition coefficient (Wildman–Crippen LogP) is 3.26. The molecule has 9 nitrogen and oxygen atoms in total. The molecule has 1 heterocycles. The maximum Gasteiger partial charge on any atom is 0.298 e. The van der Waals surface area contributed by atoms with Gasteiger partial charge in [-0.2, -0.15) is 16.8 Å². The Morgan fingerprint density at radius 3 is 2.21 bits per heavy atom. The van der Waals surface area contributed by atoms with Crippen LogP contribution in [0.1, 0.15) is 11.1 Å². The standard InChI is InChI=1S/C22H19N3O6S2/c1-30-32(26,27)18-7-5-6-16(14-18)10-11-17-12-13-21(22(15-17)33(28,29)31-2)25-20-9-4-3-8-19(20)23-24-25/h3-15H,1-2H3. The van der Waals surface area contributed by atoms with Gasteiger partial charge in [-0.15, -0.1) is 5.10 Å². The second-order valence-electron chi connectivity index (χ2n) is 6.86. The number of hydrogen-bond acceptors (Lipinski definition) is 8. The highest BCUT2D eigenvalue weighted by Gasteiger charge is 2.22. The molecule has 0 fully saturated rings. The lowest BCUT2D eigenvalue weighted by molar-refractivity contribution is 0.396. The average molecular weight is 486 g/mol. The Hall–Kier alpha value is -3.38. The molecule has 0 aliphatic heterocycles. The van der Waals surface area contributed by atoms with Gasteiger partial charge >= 0.3 is 0 Å². The van der Waals surface area contributed by atoms with E-state index in [4.69, 9.17) is 4.18 Å². The monoisotopic (exact) mass is 485 g/mol. The number of aromatic nitrogens is 3. The van der Waals surface area contributed by atoms with Gasteiger partial charge in [0.15, 0.2) is 0 Å². The van der Waals surface area contributed by atoms with E-state index in [0.29, 0.717) is 22.2 Å². The van der Waals surface area contributed by atoms with E-state index in [1.807, 2.05) is 12.1 Å². The molecule has 0 atom stereocenters. The SMILES string of the molecule is COS(=O)(=O)c1cccc(C=Cc2ccc(-n3nnc4ccccc43)c(S(=O)(=O)OC)c2)c1. The lowest BCUT2D eigenvalue weighted by atomic mass is 10.1. The Kier molecular flexibility index (Phi) is 6.13. The third-order valence-corrected chi connectivity index (χ3v) is 7.46. The zero-order valence-electron chi connectivity index (χ0n) is 17.6. The van der Waals surface area contributed by atoms with Crippen molar-refractivity contribution in [2.24, 2.45) is 0 Å². The number of hydrogen-bond donors (Lipinski definition) is 0. The first-order valence-electron chi connectivity index (χ1n) is 9.59. The van der Waals surface area contributed by atoms with Crippen LogP contribution in [0.15, 0.2) is 76.5 Å². The molecule has 4 aromatic rings. The highest BCUT2D eigenvalue weighted by atomic mass is 32.2. The Morgan fingerprint density at radius 1 is 0.788 bits per heavy atom. The zero-order valence-corrected chi connectivity index (χ0v) is 19.2. The fourth-order valence-corrected chi connectivity index (χ4v) is 4.80. The minimum Gasteiger partial charge on any atom is -0.270 e. The molecule has 0 aliphatic carbocycles. The summed E-state index contributed by atoms with van der Waals surface area (Å²) in [5.74, 6) is 0. The van der Waals surface area contributed by atoms with Crippen molar-refractivity contribution in [1.82, 2.24) is 15.0 Å². The predicted molar refractivity (Wildman–Crippen MR) is 123 cm³/mol. The first kappa shape index (κ1) is 22.8. The van der Waals surface area contributed by atoms with Crippen molar-refractivity contribution >= 4 is 43.4 Å². The molecular weight excluding hydrogens is 466 g/mol. The summed E-state index contributed by atoms with van der Waals surface area (Å²) in [6.07, 6.45) is 3.33. The summed E-state index contributed by atoms with van der Waals surface area (Å²) >= 11 is 0. The molecule has 4 rings (SSSR count). The van der Waals surface area contributed by atoms with Crippen LogP contribution in [0.3, 0.4) is 0 Å². The molecule has 0 amide bonds. The van der Waals surface area contributed by atoms with E-state index >= 15 is 0 Å². The fraction of sp³-hybridized carbons (Fsp3) is 0.0909. The second kappa shape index (κ2) is 8.87. The molecule has 33 heavy (non-hydrogen) atoms. The normalized spacial score (nSPS) is 12.5. The number of benzene rings is 3. The fourth-order valence-electron chi connectivity index (χ4n) is 3.21. The molecular formula is C22H19N3O6S2. The highest BCUT2D eigenvalue weighted by molar-refractivity contribution is 7.87. The zero-order chi connectivity index (χ0) is 23.6. The first-order valence-corrected chi connectivity index (χ1v) is 12.4. The molecule has 0 saturated carbocycles. The van der Waals surface area contributed by atoms with Crippen molar-refractivity contribution < 1.29 is 25.2 Å². The molecule has 0 bridgehead atoms. The summed E-state index contributed by atoms with van der Waals surface area (Å²) in [4.78, 5) is -0.0678. The van der Waals surface area contributed by atoms with Gasteiger partial charge in [0.2, 0.25) is 0 Å². The van der Waals surface area contributed by atoms with Crippen LogP contribution in [0.5, 0.6) is 0 Å². The summed E-state index contributed by atoms with van der Waals surface area (Å²) < 4.78 is 59.9. The molecule has 170 valence electrons. The van der Waals surface area contributed by atoms with Crippen molar-refractivity contribution in [2.75, 3.05) is 14.2 Å². The Bertz CT molecular complexity index is 1570. The molecule has 0 aliphatic rings. The molecule has 11 heteroatoms. The van der Waals surface area contributed by atoms with Crippen LogP contribution in [0.4, 0.5) is 0 Å². The van der Waals surface area contributed by atoms with Gasteiger partial charge < -0.3 is 0 Å². The second-order valence-corrected chi connectivity index (χ2v) is 10.3. The van der Waals surface area contributed by atoms with Gasteiger partial charge in [-0.05, 0) is 47.5 Å². The van der Waals surface area contributed by atoms with E-state index < -0.39 is 20.2 Å².